The van der Waals surface area contributed by atoms with Crippen LogP contribution in [0.3, 0.4) is 0 Å². The van der Waals surface area contributed by atoms with Crippen molar-refractivity contribution in [2.24, 2.45) is 5.10 Å². The molecule has 0 amide bonds. The van der Waals surface area contributed by atoms with Crippen LogP contribution in [0.5, 0.6) is 11.5 Å². The summed E-state index contributed by atoms with van der Waals surface area (Å²) in [6, 6.07) is 10.2. The van der Waals surface area contributed by atoms with E-state index in [1.807, 2.05) is 6.07 Å². The van der Waals surface area contributed by atoms with Gasteiger partial charge in [0.2, 0.25) is 0 Å². The lowest BCUT2D eigenvalue weighted by Crippen LogP contribution is -2.76. The highest BCUT2D eigenvalue weighted by Crippen LogP contribution is 2.64. The first kappa shape index (κ1) is 20.4. The van der Waals surface area contributed by atoms with Gasteiger partial charge in [0.05, 0.1) is 34.4 Å². The minimum atomic E-state index is -0.915. The second-order valence-electron chi connectivity index (χ2n) is 9.49. The first-order chi connectivity index (χ1) is 15.9. The van der Waals surface area contributed by atoms with E-state index in [1.54, 1.807) is 19.2 Å². The highest BCUT2D eigenvalue weighted by molar-refractivity contribution is 5.95. The number of benzene rings is 2. The smallest absolute Gasteiger partial charge is 0.269 e. The van der Waals surface area contributed by atoms with Crippen LogP contribution in [0.2, 0.25) is 0 Å². The first-order valence-corrected chi connectivity index (χ1v) is 11.3. The third kappa shape index (κ3) is 2.57. The Morgan fingerprint density at radius 1 is 1.27 bits per heavy atom. The van der Waals surface area contributed by atoms with Crippen LogP contribution in [0.15, 0.2) is 41.5 Å². The zero-order valence-corrected chi connectivity index (χ0v) is 18.6. The minimum absolute atomic E-state index is 0.0216. The molecular formula is C24H26N4O5. The van der Waals surface area contributed by atoms with Crippen LogP contribution < -0.4 is 14.9 Å². The molecule has 0 unspecified atom stereocenters. The molecule has 2 aromatic carbocycles. The Kier molecular flexibility index (Phi) is 4.28. The van der Waals surface area contributed by atoms with Crippen LogP contribution in [0.25, 0.3) is 0 Å². The topological polar surface area (TPSA) is 109 Å². The highest BCUT2D eigenvalue weighted by Gasteiger charge is 2.72. The van der Waals surface area contributed by atoms with Crippen molar-refractivity contribution >= 4 is 17.1 Å². The lowest BCUT2D eigenvalue weighted by atomic mass is 9.49. The molecule has 2 aliphatic carbocycles. The molecule has 2 N–H and O–H groups in total. The van der Waals surface area contributed by atoms with Gasteiger partial charge in [-0.25, -0.2) is 0 Å². The van der Waals surface area contributed by atoms with Crippen molar-refractivity contribution in [1.82, 2.24) is 4.90 Å². The average molecular weight is 450 g/mol. The number of hydrogen-bond donors (Lipinski definition) is 2. The van der Waals surface area contributed by atoms with E-state index < -0.39 is 22.0 Å². The van der Waals surface area contributed by atoms with Crippen molar-refractivity contribution in [2.45, 2.75) is 48.8 Å². The van der Waals surface area contributed by atoms with Gasteiger partial charge in [0, 0.05) is 23.7 Å². The van der Waals surface area contributed by atoms with Crippen molar-refractivity contribution in [2.75, 3.05) is 26.1 Å². The number of methoxy groups -OCH3 is 1. The van der Waals surface area contributed by atoms with E-state index in [1.165, 1.54) is 17.7 Å². The van der Waals surface area contributed by atoms with Gasteiger partial charge in [-0.3, -0.25) is 15.5 Å². The molecule has 172 valence electrons. The molecule has 9 nitrogen and oxygen atoms in total. The fourth-order valence-corrected chi connectivity index (χ4v) is 6.61. The van der Waals surface area contributed by atoms with E-state index >= 15 is 0 Å². The van der Waals surface area contributed by atoms with E-state index in [2.05, 4.69) is 23.4 Å². The van der Waals surface area contributed by atoms with Crippen molar-refractivity contribution in [3.8, 4) is 11.5 Å². The largest absolute Gasteiger partial charge is 0.493 e. The highest BCUT2D eigenvalue weighted by atomic mass is 16.6. The number of ether oxygens (including phenoxy) is 2. The molecule has 1 saturated carbocycles. The van der Waals surface area contributed by atoms with Crippen LogP contribution in [-0.4, -0.2) is 59.1 Å². The van der Waals surface area contributed by atoms with Crippen LogP contribution in [0.4, 0.5) is 11.4 Å². The van der Waals surface area contributed by atoms with Crippen LogP contribution in [0.1, 0.15) is 30.4 Å². The zero-order chi connectivity index (χ0) is 23.0. The van der Waals surface area contributed by atoms with Crippen molar-refractivity contribution in [3.05, 3.63) is 57.6 Å². The van der Waals surface area contributed by atoms with Crippen LogP contribution in [0, 0.1) is 10.1 Å². The average Bonchev–Trinajstić information content (AvgIpc) is 3.17. The molecule has 0 aromatic heterocycles. The molecule has 2 aliphatic heterocycles. The van der Waals surface area contributed by atoms with Crippen molar-refractivity contribution < 1.29 is 19.5 Å². The maximum absolute atomic E-state index is 12.2. The van der Waals surface area contributed by atoms with Crippen LogP contribution >= 0.6 is 0 Å². The van der Waals surface area contributed by atoms with Gasteiger partial charge in [0.1, 0.15) is 0 Å². The van der Waals surface area contributed by atoms with Gasteiger partial charge >= 0.3 is 0 Å². The van der Waals surface area contributed by atoms with Crippen LogP contribution in [-0.2, 0) is 11.8 Å². The number of non-ortho nitro benzene ring substituents is 1. The molecule has 9 heteroatoms. The summed E-state index contributed by atoms with van der Waals surface area (Å²) >= 11 is 0. The number of aliphatic hydroxyl groups is 1. The molecule has 33 heavy (non-hydrogen) atoms. The predicted octanol–water partition coefficient (Wildman–Crippen LogP) is 2.86. The van der Waals surface area contributed by atoms with Gasteiger partial charge in [0.15, 0.2) is 17.6 Å². The second-order valence-corrected chi connectivity index (χ2v) is 9.49. The molecule has 0 radical (unpaired) electrons. The summed E-state index contributed by atoms with van der Waals surface area (Å²) in [5, 5.41) is 27.8. The van der Waals surface area contributed by atoms with Gasteiger partial charge < -0.3 is 19.5 Å². The molecular weight excluding hydrogens is 424 g/mol. The van der Waals surface area contributed by atoms with Gasteiger partial charge in [-0.15, -0.1) is 0 Å². The zero-order valence-electron chi connectivity index (χ0n) is 18.6. The van der Waals surface area contributed by atoms with Crippen molar-refractivity contribution in [3.63, 3.8) is 0 Å². The minimum Gasteiger partial charge on any atom is -0.493 e. The lowest BCUT2D eigenvalue weighted by Gasteiger charge is -2.62. The standard InChI is InChI=1S/C24H26N4O5/c1-27-12-11-23-20-14-3-8-18(32-2)21(20)33-22(23)17(9-10-24(23,29)19(27)13-14)26-25-15-4-6-16(7-5-15)28(30)31/h3-8,19,22,25,29H,9-13H2,1-2H3/t19-,22+,23+,24-/m1/s1. The Balaban J connectivity index is 1.43. The molecule has 4 aliphatic rings. The Morgan fingerprint density at radius 3 is 2.79 bits per heavy atom. The third-order valence-corrected chi connectivity index (χ3v) is 8.16. The molecule has 2 aromatic rings. The van der Waals surface area contributed by atoms with Gasteiger partial charge in [-0.1, -0.05) is 6.07 Å². The lowest BCUT2D eigenvalue weighted by molar-refractivity contribution is -0.384. The van der Waals surface area contributed by atoms with Gasteiger partial charge in [-0.05, 0) is 63.0 Å². The summed E-state index contributed by atoms with van der Waals surface area (Å²) in [6.45, 7) is 0.867. The van der Waals surface area contributed by atoms with E-state index in [0.29, 0.717) is 24.3 Å². The van der Waals surface area contributed by atoms with E-state index in [-0.39, 0.29) is 11.7 Å². The number of nitrogens with zero attached hydrogens (tertiary/aromatic N) is 3. The summed E-state index contributed by atoms with van der Waals surface area (Å²) < 4.78 is 12.2. The van der Waals surface area contributed by atoms with E-state index in [4.69, 9.17) is 14.6 Å². The van der Waals surface area contributed by atoms with E-state index in [0.717, 1.165) is 36.4 Å². The number of nitrogens with one attached hydrogen (secondary N) is 1. The maximum Gasteiger partial charge on any atom is 0.269 e. The SMILES string of the molecule is COc1ccc2c3c1O[C@H]1C(=NNc4ccc([N+](=O)[O-])cc4)CC[C@@]4(O)[C@@H](C2)N(C)CC[C@]314. The summed E-state index contributed by atoms with van der Waals surface area (Å²) in [4.78, 5) is 12.8. The number of hydrazone groups is 1. The molecule has 6 rings (SSSR count). The number of hydrogen-bond acceptors (Lipinski definition) is 8. The normalized spacial score (nSPS) is 32.8. The number of likely N-dealkylation sites (tertiary alicyclic amines) is 1. The Morgan fingerprint density at radius 2 is 2.06 bits per heavy atom. The Bertz CT molecular complexity index is 1180. The van der Waals surface area contributed by atoms with Gasteiger partial charge in [-0.2, -0.15) is 5.10 Å². The number of piperidine rings is 1. The third-order valence-electron chi connectivity index (χ3n) is 8.16. The fourth-order valence-electron chi connectivity index (χ4n) is 6.61. The molecule has 1 saturated heterocycles. The number of rotatable bonds is 4. The fraction of sp³-hybridized carbons (Fsp3) is 0.458. The monoisotopic (exact) mass is 450 g/mol. The maximum atomic E-state index is 12.2. The predicted molar refractivity (Wildman–Crippen MR) is 122 cm³/mol. The van der Waals surface area contributed by atoms with E-state index in [9.17, 15) is 15.2 Å². The molecule has 2 heterocycles. The first-order valence-electron chi connectivity index (χ1n) is 11.3. The second kappa shape index (κ2) is 6.91. The van der Waals surface area contributed by atoms with Gasteiger partial charge in [0.25, 0.3) is 5.69 Å². The molecule has 2 bridgehead atoms. The molecule has 2 fully saturated rings. The summed E-state index contributed by atoms with van der Waals surface area (Å²) in [7, 11) is 3.73. The molecule has 4 atom stereocenters. The Labute approximate surface area is 191 Å². The summed E-state index contributed by atoms with van der Waals surface area (Å²) in [5.41, 5.74) is 5.38. The quantitative estimate of drug-likeness (QED) is 0.544. The number of anilines is 1. The van der Waals surface area contributed by atoms with Crippen molar-refractivity contribution in [1.29, 1.82) is 0 Å². The summed E-state index contributed by atoms with van der Waals surface area (Å²) in [5.74, 6) is 1.41. The number of likely N-dealkylation sites (N-methyl/N-ethyl adjacent to an activating group) is 1. The number of nitro benzene ring substituents is 1. The molecule has 1 spiro atoms. The Hall–Kier alpha value is -3.17. The number of nitro groups is 1. The summed E-state index contributed by atoms with van der Waals surface area (Å²) in [6.07, 6.45) is 2.34.